The van der Waals surface area contributed by atoms with Crippen LogP contribution in [0.15, 0.2) is 67.0 Å². The second-order valence-electron chi connectivity index (χ2n) is 6.83. The number of ketones is 1. The lowest BCUT2D eigenvalue weighted by atomic mass is 10.0. The number of carbonyl (C=O) groups is 1. The van der Waals surface area contributed by atoms with E-state index >= 15 is 0 Å². The predicted octanol–water partition coefficient (Wildman–Crippen LogP) is 4.18. The highest BCUT2D eigenvalue weighted by atomic mass is 16.5. The van der Waals surface area contributed by atoms with Gasteiger partial charge in [0.05, 0.1) is 18.7 Å². The van der Waals surface area contributed by atoms with Crippen molar-refractivity contribution < 1.29 is 14.3 Å². The predicted molar refractivity (Wildman–Crippen MR) is 111 cm³/mol. The van der Waals surface area contributed by atoms with Crippen LogP contribution in [-0.2, 0) is 4.74 Å². The molecule has 7 nitrogen and oxygen atoms in total. The van der Waals surface area contributed by atoms with Crippen molar-refractivity contribution in [1.29, 1.82) is 0 Å². The maximum absolute atomic E-state index is 12.8. The molecule has 0 amide bonds. The first-order chi connectivity index (χ1) is 14.8. The first-order valence-corrected chi connectivity index (χ1v) is 9.63. The van der Waals surface area contributed by atoms with Crippen molar-refractivity contribution in [2.24, 2.45) is 0 Å². The molecule has 0 spiro atoms. The fourth-order valence-corrected chi connectivity index (χ4v) is 3.36. The quantitative estimate of drug-likeness (QED) is 0.507. The van der Waals surface area contributed by atoms with E-state index in [-0.39, 0.29) is 11.6 Å². The minimum Gasteiger partial charge on any atom is -0.438 e. The normalized spacial score (nSPS) is 13.8. The molecule has 0 radical (unpaired) electrons. The van der Waals surface area contributed by atoms with Gasteiger partial charge >= 0.3 is 0 Å². The number of imidazole rings is 1. The number of aromatic amines is 1. The van der Waals surface area contributed by atoms with Crippen molar-refractivity contribution in [3.8, 4) is 11.6 Å². The molecule has 1 aliphatic rings. The number of hydrogen-bond donors (Lipinski definition) is 1. The number of hydrogen-bond acceptors (Lipinski definition) is 6. The number of pyridine rings is 2. The van der Waals surface area contributed by atoms with Crippen molar-refractivity contribution >= 4 is 22.5 Å². The molecule has 0 aliphatic carbocycles. The topological polar surface area (TPSA) is 90.0 Å². The van der Waals surface area contributed by atoms with E-state index in [2.05, 4.69) is 26.0 Å². The van der Waals surface area contributed by atoms with Crippen LogP contribution in [0.4, 0.5) is 0 Å². The number of benzene rings is 1. The van der Waals surface area contributed by atoms with Crippen LogP contribution >= 0.6 is 0 Å². The van der Waals surface area contributed by atoms with Gasteiger partial charge in [0.1, 0.15) is 5.75 Å². The Hall–Kier alpha value is -3.84. The Kier molecular flexibility index (Phi) is 4.78. The van der Waals surface area contributed by atoms with Crippen LogP contribution < -0.4 is 4.74 Å². The van der Waals surface area contributed by atoms with E-state index in [1.165, 1.54) is 0 Å². The fourth-order valence-electron chi connectivity index (χ4n) is 3.36. The molecule has 4 heterocycles. The second kappa shape index (κ2) is 7.88. The monoisotopic (exact) mass is 398 g/mol. The molecule has 5 rings (SSSR count). The lowest BCUT2D eigenvalue weighted by Gasteiger charge is -2.16. The summed E-state index contributed by atoms with van der Waals surface area (Å²) in [5.41, 5.74) is 3.87. The van der Waals surface area contributed by atoms with Crippen molar-refractivity contribution in [3.63, 3.8) is 0 Å². The van der Waals surface area contributed by atoms with Gasteiger partial charge in [-0.25, -0.2) is 15.0 Å². The number of nitrogens with one attached hydrogen (secondary N) is 1. The van der Waals surface area contributed by atoms with Gasteiger partial charge in [-0.2, -0.15) is 0 Å². The maximum atomic E-state index is 12.8. The van der Waals surface area contributed by atoms with Crippen LogP contribution in [0.5, 0.6) is 11.6 Å². The molecule has 0 bridgehead atoms. The van der Waals surface area contributed by atoms with E-state index in [0.717, 1.165) is 23.1 Å². The number of rotatable bonds is 5. The third-order valence-corrected chi connectivity index (χ3v) is 4.88. The molecule has 7 heteroatoms. The summed E-state index contributed by atoms with van der Waals surface area (Å²) in [6.07, 6.45) is 6.22. The average Bonchev–Trinajstić information content (AvgIpc) is 3.24. The van der Waals surface area contributed by atoms with Gasteiger partial charge in [0, 0.05) is 23.5 Å². The highest BCUT2D eigenvalue weighted by Gasteiger charge is 2.16. The minimum absolute atomic E-state index is 0.203. The highest BCUT2D eigenvalue weighted by molar-refractivity contribution is 6.07. The molecule has 0 unspecified atom stereocenters. The number of ether oxygens (including phenoxy) is 2. The maximum Gasteiger partial charge on any atom is 0.228 e. The van der Waals surface area contributed by atoms with Gasteiger partial charge in [-0.05, 0) is 60.5 Å². The molecule has 3 aromatic heterocycles. The largest absolute Gasteiger partial charge is 0.438 e. The van der Waals surface area contributed by atoms with Crippen LogP contribution in [0.25, 0.3) is 16.7 Å². The number of nitrogens with zero attached hydrogens (tertiary/aromatic N) is 3. The van der Waals surface area contributed by atoms with Crippen LogP contribution in [0.3, 0.4) is 0 Å². The first kappa shape index (κ1) is 18.2. The zero-order valence-electron chi connectivity index (χ0n) is 16.0. The highest BCUT2D eigenvalue weighted by Crippen LogP contribution is 2.31. The second-order valence-corrected chi connectivity index (χ2v) is 6.83. The van der Waals surface area contributed by atoms with Crippen LogP contribution in [0.2, 0.25) is 0 Å². The summed E-state index contributed by atoms with van der Waals surface area (Å²) in [4.78, 5) is 28.6. The smallest absolute Gasteiger partial charge is 0.228 e. The number of H-pyrrole nitrogens is 1. The van der Waals surface area contributed by atoms with E-state index in [4.69, 9.17) is 9.47 Å². The summed E-state index contributed by atoms with van der Waals surface area (Å²) >= 11 is 0. The zero-order chi connectivity index (χ0) is 20.3. The van der Waals surface area contributed by atoms with E-state index in [0.29, 0.717) is 36.1 Å². The Morgan fingerprint density at radius 1 is 1.03 bits per heavy atom. The molecular weight excluding hydrogens is 380 g/mol. The number of carbonyl (C=O) groups excluding carboxylic acids is 1. The SMILES string of the molecule is O=C(c1ccc(Oc2ncccc2C2=CCOCC2)cc1)c1nc2ncccc2[nH]1. The summed E-state index contributed by atoms with van der Waals surface area (Å²) in [5.74, 6) is 1.19. The lowest BCUT2D eigenvalue weighted by Crippen LogP contribution is -2.05. The van der Waals surface area contributed by atoms with E-state index in [1.54, 1.807) is 42.7 Å². The Balaban J connectivity index is 1.37. The molecule has 0 saturated heterocycles. The Morgan fingerprint density at radius 2 is 1.87 bits per heavy atom. The van der Waals surface area contributed by atoms with Gasteiger partial charge in [0.25, 0.3) is 0 Å². The molecule has 148 valence electrons. The molecule has 0 fully saturated rings. The van der Waals surface area contributed by atoms with Gasteiger partial charge in [-0.3, -0.25) is 4.79 Å². The zero-order valence-corrected chi connectivity index (χ0v) is 16.0. The van der Waals surface area contributed by atoms with Gasteiger partial charge in [0.2, 0.25) is 11.7 Å². The van der Waals surface area contributed by atoms with Gasteiger partial charge in [0.15, 0.2) is 11.5 Å². The lowest BCUT2D eigenvalue weighted by molar-refractivity contribution is 0.103. The third-order valence-electron chi connectivity index (χ3n) is 4.88. The Morgan fingerprint density at radius 3 is 2.67 bits per heavy atom. The summed E-state index contributed by atoms with van der Waals surface area (Å²) in [7, 11) is 0. The molecule has 0 saturated carbocycles. The van der Waals surface area contributed by atoms with E-state index in [1.807, 2.05) is 18.2 Å². The van der Waals surface area contributed by atoms with Crippen molar-refractivity contribution in [3.05, 3.63) is 84.0 Å². The summed E-state index contributed by atoms with van der Waals surface area (Å²) in [6.45, 7) is 1.28. The molecule has 1 aliphatic heterocycles. The molecular formula is C23H18N4O3. The number of aromatic nitrogens is 4. The fraction of sp³-hybridized carbons (Fsp3) is 0.130. The summed E-state index contributed by atoms with van der Waals surface area (Å²) < 4.78 is 11.4. The number of fused-ring (bicyclic) bond motifs is 1. The molecule has 4 aromatic rings. The van der Waals surface area contributed by atoms with Crippen LogP contribution in [0, 0.1) is 0 Å². The van der Waals surface area contributed by atoms with Crippen LogP contribution in [0.1, 0.15) is 28.2 Å². The third kappa shape index (κ3) is 3.58. The average molecular weight is 398 g/mol. The standard InChI is InChI=1S/C23H18N4O3/c28-20(22-26-19-4-2-11-24-21(19)27-22)16-5-7-17(8-6-16)30-23-18(3-1-12-25-23)15-9-13-29-14-10-15/h1-9,11-12H,10,13-14H2,(H,24,26,27). The van der Waals surface area contributed by atoms with Crippen molar-refractivity contribution in [2.75, 3.05) is 13.2 Å². The molecule has 0 atom stereocenters. The van der Waals surface area contributed by atoms with Crippen molar-refractivity contribution in [2.45, 2.75) is 6.42 Å². The van der Waals surface area contributed by atoms with Crippen LogP contribution in [-0.4, -0.2) is 38.9 Å². The van der Waals surface area contributed by atoms with Crippen molar-refractivity contribution in [1.82, 2.24) is 19.9 Å². The molecule has 30 heavy (non-hydrogen) atoms. The van der Waals surface area contributed by atoms with E-state index in [9.17, 15) is 4.79 Å². The Labute approximate surface area is 172 Å². The minimum atomic E-state index is -0.203. The van der Waals surface area contributed by atoms with Gasteiger partial charge in [-0.15, -0.1) is 0 Å². The molecule has 1 aromatic carbocycles. The summed E-state index contributed by atoms with van der Waals surface area (Å²) in [5, 5.41) is 0. The van der Waals surface area contributed by atoms with E-state index < -0.39 is 0 Å². The summed E-state index contributed by atoms with van der Waals surface area (Å²) in [6, 6.07) is 14.5. The van der Waals surface area contributed by atoms with Gasteiger partial charge in [-0.1, -0.05) is 6.08 Å². The first-order valence-electron chi connectivity index (χ1n) is 9.63. The molecule has 1 N–H and O–H groups in total. The Bertz CT molecular complexity index is 1210. The van der Waals surface area contributed by atoms with Gasteiger partial charge < -0.3 is 14.5 Å².